The molecule has 1 atom stereocenters. The van der Waals surface area contributed by atoms with Crippen molar-refractivity contribution in [2.45, 2.75) is 38.8 Å². The van der Waals surface area contributed by atoms with Crippen LogP contribution in [0.5, 0.6) is 0 Å². The average Bonchev–Trinajstić information content (AvgIpc) is 2.97. The number of fused-ring (bicyclic) bond motifs is 1. The quantitative estimate of drug-likeness (QED) is 0.936. The molecule has 1 aromatic heterocycles. The number of nitrogens with one attached hydrogen (secondary N) is 1. The molecule has 2 heterocycles. The summed E-state index contributed by atoms with van der Waals surface area (Å²) in [5.41, 5.74) is 2.02. The molecule has 1 N–H and O–H groups in total. The number of benzene rings is 1. The van der Waals surface area contributed by atoms with Gasteiger partial charge in [-0.15, -0.1) is 0 Å². The van der Waals surface area contributed by atoms with E-state index in [4.69, 9.17) is 9.26 Å². The van der Waals surface area contributed by atoms with E-state index in [0.717, 1.165) is 13.0 Å². The van der Waals surface area contributed by atoms with Crippen LogP contribution in [0.4, 0.5) is 0 Å². The fraction of sp³-hybridized carbons (Fsp3) is 0.500. The Balaban J connectivity index is 1.91. The van der Waals surface area contributed by atoms with Crippen LogP contribution >= 0.6 is 0 Å². The second-order valence-corrected chi connectivity index (χ2v) is 5.74. The average molecular weight is 287 g/mol. The van der Waals surface area contributed by atoms with Crippen molar-refractivity contribution in [3.05, 3.63) is 47.1 Å². The Hall–Kier alpha value is -1.72. The number of hydrogen-bond acceptors (Lipinski definition) is 5. The normalized spacial score (nSPS) is 18.5. The van der Waals surface area contributed by atoms with Gasteiger partial charge in [0.25, 0.3) is 0 Å². The molecule has 0 spiro atoms. The van der Waals surface area contributed by atoms with Crippen LogP contribution in [0.1, 0.15) is 49.7 Å². The molecule has 1 aliphatic rings. The summed E-state index contributed by atoms with van der Waals surface area (Å²) < 4.78 is 11.2. The van der Waals surface area contributed by atoms with Gasteiger partial charge in [-0.3, -0.25) is 0 Å². The first-order valence-electron chi connectivity index (χ1n) is 7.41. The van der Waals surface area contributed by atoms with Crippen molar-refractivity contribution in [1.82, 2.24) is 15.5 Å². The molecular weight excluding hydrogens is 266 g/mol. The van der Waals surface area contributed by atoms with E-state index >= 15 is 0 Å². The van der Waals surface area contributed by atoms with Crippen molar-refractivity contribution in [1.29, 1.82) is 0 Å². The molecule has 1 aliphatic heterocycles. The van der Waals surface area contributed by atoms with E-state index in [1.54, 1.807) is 0 Å². The highest BCUT2D eigenvalue weighted by Crippen LogP contribution is 2.29. The van der Waals surface area contributed by atoms with Gasteiger partial charge in [-0.1, -0.05) is 29.4 Å². The molecule has 0 bridgehead atoms. The minimum absolute atomic E-state index is 0.0337. The Morgan fingerprint density at radius 2 is 2.19 bits per heavy atom. The molecule has 0 saturated carbocycles. The molecule has 0 amide bonds. The Bertz CT molecular complexity index is 621. The van der Waals surface area contributed by atoms with E-state index in [0.29, 0.717) is 18.3 Å². The molecular formula is C16H21N3O2. The highest BCUT2D eigenvalue weighted by atomic mass is 16.5. The molecule has 5 heteroatoms. The lowest BCUT2D eigenvalue weighted by Crippen LogP contribution is -2.31. The lowest BCUT2D eigenvalue weighted by atomic mass is 9.94. The molecule has 21 heavy (non-hydrogen) atoms. The maximum Gasteiger partial charge on any atom is 0.248 e. The summed E-state index contributed by atoms with van der Waals surface area (Å²) in [7, 11) is 0. The van der Waals surface area contributed by atoms with E-state index in [1.165, 1.54) is 11.1 Å². The molecule has 112 valence electrons. The first-order valence-corrected chi connectivity index (χ1v) is 7.41. The van der Waals surface area contributed by atoms with Gasteiger partial charge in [-0.2, -0.15) is 4.98 Å². The van der Waals surface area contributed by atoms with E-state index < -0.39 is 5.60 Å². The van der Waals surface area contributed by atoms with Crippen molar-refractivity contribution in [3.8, 4) is 0 Å². The SMILES string of the molecule is CCOC(C)(C)c1noc(C2NCCc3ccccc32)n1. The van der Waals surface area contributed by atoms with Gasteiger partial charge in [0.1, 0.15) is 11.6 Å². The van der Waals surface area contributed by atoms with Crippen LogP contribution in [-0.4, -0.2) is 23.3 Å². The second kappa shape index (κ2) is 5.58. The first-order chi connectivity index (χ1) is 10.1. The van der Waals surface area contributed by atoms with Crippen molar-refractivity contribution in [2.75, 3.05) is 13.2 Å². The maximum atomic E-state index is 5.68. The zero-order chi connectivity index (χ0) is 14.9. The zero-order valence-corrected chi connectivity index (χ0v) is 12.7. The Labute approximate surface area is 124 Å². The van der Waals surface area contributed by atoms with Gasteiger partial charge in [0, 0.05) is 13.2 Å². The van der Waals surface area contributed by atoms with Crippen LogP contribution in [-0.2, 0) is 16.8 Å². The monoisotopic (exact) mass is 287 g/mol. The number of ether oxygens (including phenoxy) is 1. The third-order valence-corrected chi connectivity index (χ3v) is 3.84. The molecule has 3 rings (SSSR count). The minimum atomic E-state index is -0.537. The van der Waals surface area contributed by atoms with Gasteiger partial charge in [0.05, 0.1) is 0 Å². The highest BCUT2D eigenvalue weighted by molar-refractivity contribution is 5.35. The number of hydrogen-bond donors (Lipinski definition) is 1. The van der Waals surface area contributed by atoms with Crippen molar-refractivity contribution in [2.24, 2.45) is 0 Å². The summed E-state index contributed by atoms with van der Waals surface area (Å²) in [4.78, 5) is 4.56. The van der Waals surface area contributed by atoms with Crippen LogP contribution in [0.2, 0.25) is 0 Å². The summed E-state index contributed by atoms with van der Waals surface area (Å²) >= 11 is 0. The lowest BCUT2D eigenvalue weighted by molar-refractivity contribution is -0.0221. The second-order valence-electron chi connectivity index (χ2n) is 5.74. The number of aromatic nitrogens is 2. The first kappa shape index (κ1) is 14.2. The molecule has 1 aromatic carbocycles. The smallest absolute Gasteiger partial charge is 0.248 e. The Morgan fingerprint density at radius 3 is 3.00 bits per heavy atom. The molecule has 0 fully saturated rings. The summed E-state index contributed by atoms with van der Waals surface area (Å²) in [5, 5.41) is 7.55. The minimum Gasteiger partial charge on any atom is -0.368 e. The summed E-state index contributed by atoms with van der Waals surface area (Å²) in [5.74, 6) is 1.19. The standard InChI is InChI=1S/C16H21N3O2/c1-4-20-16(2,3)15-18-14(21-19-15)13-12-8-6-5-7-11(12)9-10-17-13/h5-8,13,17H,4,9-10H2,1-3H3. The van der Waals surface area contributed by atoms with Crippen LogP contribution < -0.4 is 5.32 Å². The third kappa shape index (κ3) is 2.71. The fourth-order valence-corrected chi connectivity index (χ4v) is 2.75. The number of rotatable bonds is 4. The van der Waals surface area contributed by atoms with E-state index in [2.05, 4.69) is 33.7 Å². The summed E-state index contributed by atoms with van der Waals surface area (Å²) in [6.07, 6.45) is 1.03. The summed E-state index contributed by atoms with van der Waals surface area (Å²) in [6.45, 7) is 7.39. The van der Waals surface area contributed by atoms with Crippen LogP contribution in [0.3, 0.4) is 0 Å². The van der Waals surface area contributed by atoms with Gasteiger partial charge in [0.15, 0.2) is 0 Å². The van der Waals surface area contributed by atoms with Gasteiger partial charge in [0.2, 0.25) is 11.7 Å². The van der Waals surface area contributed by atoms with Gasteiger partial charge in [-0.05, 0) is 38.3 Å². The van der Waals surface area contributed by atoms with E-state index in [9.17, 15) is 0 Å². The van der Waals surface area contributed by atoms with Crippen molar-refractivity contribution < 1.29 is 9.26 Å². The van der Waals surface area contributed by atoms with Crippen LogP contribution in [0, 0.1) is 0 Å². The topological polar surface area (TPSA) is 60.2 Å². The molecule has 0 saturated heterocycles. The molecule has 1 unspecified atom stereocenters. The number of nitrogens with zero attached hydrogens (tertiary/aromatic N) is 2. The third-order valence-electron chi connectivity index (χ3n) is 3.84. The molecule has 0 aliphatic carbocycles. The van der Waals surface area contributed by atoms with Gasteiger partial charge >= 0.3 is 0 Å². The van der Waals surface area contributed by atoms with Crippen molar-refractivity contribution >= 4 is 0 Å². The molecule has 0 radical (unpaired) electrons. The maximum absolute atomic E-state index is 5.68. The van der Waals surface area contributed by atoms with Crippen LogP contribution in [0.25, 0.3) is 0 Å². The Kier molecular flexibility index (Phi) is 3.78. The fourth-order valence-electron chi connectivity index (χ4n) is 2.75. The van der Waals surface area contributed by atoms with Gasteiger partial charge < -0.3 is 14.6 Å². The predicted octanol–water partition coefficient (Wildman–Crippen LogP) is 2.58. The van der Waals surface area contributed by atoms with Gasteiger partial charge in [-0.25, -0.2) is 0 Å². The van der Waals surface area contributed by atoms with E-state index in [1.807, 2.05) is 26.8 Å². The molecule has 5 nitrogen and oxygen atoms in total. The highest BCUT2D eigenvalue weighted by Gasteiger charge is 2.31. The molecule has 2 aromatic rings. The predicted molar refractivity (Wildman–Crippen MR) is 78.9 cm³/mol. The van der Waals surface area contributed by atoms with Crippen LogP contribution in [0.15, 0.2) is 28.8 Å². The van der Waals surface area contributed by atoms with E-state index in [-0.39, 0.29) is 6.04 Å². The Morgan fingerprint density at radius 1 is 1.38 bits per heavy atom. The largest absolute Gasteiger partial charge is 0.368 e. The lowest BCUT2D eigenvalue weighted by Gasteiger charge is -2.24. The van der Waals surface area contributed by atoms with Crippen molar-refractivity contribution in [3.63, 3.8) is 0 Å². The zero-order valence-electron chi connectivity index (χ0n) is 12.7. The summed E-state index contributed by atoms with van der Waals surface area (Å²) in [6, 6.07) is 8.35.